The first-order valence-corrected chi connectivity index (χ1v) is 14.0. The molecule has 2 aliphatic rings. The number of carbonyl (C=O) groups excluding carboxylic acids is 2. The van der Waals surface area contributed by atoms with Crippen molar-refractivity contribution in [3.63, 3.8) is 0 Å². The van der Waals surface area contributed by atoms with Gasteiger partial charge < -0.3 is 14.6 Å². The maximum atomic E-state index is 13.3. The van der Waals surface area contributed by atoms with Crippen LogP contribution in [-0.2, 0) is 29.1 Å². The van der Waals surface area contributed by atoms with Crippen LogP contribution in [0.3, 0.4) is 0 Å². The fraction of sp³-hybridized carbons (Fsp3) is 0.345. The summed E-state index contributed by atoms with van der Waals surface area (Å²) in [4.78, 5) is 28.4. The van der Waals surface area contributed by atoms with Crippen molar-refractivity contribution < 1.29 is 14.3 Å². The number of rotatable bonds is 8. The highest BCUT2D eigenvalue weighted by Gasteiger charge is 2.32. The van der Waals surface area contributed by atoms with E-state index >= 15 is 0 Å². The Kier molecular flexibility index (Phi) is 7.67. The van der Waals surface area contributed by atoms with Gasteiger partial charge in [0.05, 0.1) is 24.1 Å². The minimum Gasteiger partial charge on any atom is -0.497 e. The first-order chi connectivity index (χ1) is 18.0. The number of carbonyl (C=O) groups is 2. The topological polar surface area (TPSA) is 63.6 Å². The van der Waals surface area contributed by atoms with Crippen LogP contribution in [0.4, 0.5) is 0 Å². The fourth-order valence-electron chi connectivity index (χ4n) is 5.18. The van der Waals surface area contributed by atoms with E-state index in [9.17, 15) is 9.59 Å². The predicted octanol–water partition coefficient (Wildman–Crippen LogP) is 5.67. The van der Waals surface area contributed by atoms with Crippen LogP contribution in [0.5, 0.6) is 5.75 Å². The molecule has 192 valence electrons. The number of benzene rings is 2. The van der Waals surface area contributed by atoms with E-state index in [1.165, 1.54) is 30.2 Å². The lowest BCUT2D eigenvalue weighted by Crippen LogP contribution is -2.35. The lowest BCUT2D eigenvalue weighted by Gasteiger charge is -2.14. The maximum Gasteiger partial charge on any atom is 0.266 e. The highest BCUT2D eigenvalue weighted by atomic mass is 32.2. The molecule has 2 fully saturated rings. The van der Waals surface area contributed by atoms with Gasteiger partial charge in [0.2, 0.25) is 5.91 Å². The van der Waals surface area contributed by atoms with E-state index in [1.807, 2.05) is 47.2 Å². The summed E-state index contributed by atoms with van der Waals surface area (Å²) < 4.78 is 7.80. The highest BCUT2D eigenvalue weighted by molar-refractivity contribution is 8.26. The Morgan fingerprint density at radius 1 is 1.19 bits per heavy atom. The number of methoxy groups -OCH3 is 1. The zero-order valence-corrected chi connectivity index (χ0v) is 22.8. The van der Waals surface area contributed by atoms with Crippen LogP contribution in [0.2, 0.25) is 0 Å². The van der Waals surface area contributed by atoms with Gasteiger partial charge >= 0.3 is 0 Å². The van der Waals surface area contributed by atoms with Crippen LogP contribution < -0.4 is 10.1 Å². The van der Waals surface area contributed by atoms with Crippen molar-refractivity contribution in [1.82, 2.24) is 14.8 Å². The number of amides is 2. The Labute approximate surface area is 227 Å². The maximum absolute atomic E-state index is 13.3. The number of para-hydroxylation sites is 1. The summed E-state index contributed by atoms with van der Waals surface area (Å²) in [5.74, 6) is 0.707. The van der Waals surface area contributed by atoms with E-state index in [-0.39, 0.29) is 24.4 Å². The predicted molar refractivity (Wildman–Crippen MR) is 153 cm³/mol. The number of hydrogen-bond acceptors (Lipinski definition) is 5. The smallest absolute Gasteiger partial charge is 0.266 e. The lowest BCUT2D eigenvalue weighted by molar-refractivity contribution is -0.123. The van der Waals surface area contributed by atoms with E-state index < -0.39 is 0 Å². The summed E-state index contributed by atoms with van der Waals surface area (Å²) in [5, 5.41) is 4.23. The number of fused-ring (bicyclic) bond motifs is 1. The summed E-state index contributed by atoms with van der Waals surface area (Å²) in [7, 11) is 1.63. The van der Waals surface area contributed by atoms with Gasteiger partial charge in [-0.05, 0) is 48.6 Å². The Bertz CT molecular complexity index is 1370. The van der Waals surface area contributed by atoms with Crippen LogP contribution in [0.15, 0.2) is 53.6 Å². The molecule has 2 aromatic carbocycles. The summed E-state index contributed by atoms with van der Waals surface area (Å²) in [6.45, 7) is 2.79. The van der Waals surface area contributed by atoms with Crippen LogP contribution >= 0.6 is 24.0 Å². The van der Waals surface area contributed by atoms with Crippen LogP contribution in [0, 0.1) is 0 Å². The summed E-state index contributed by atoms with van der Waals surface area (Å²) in [6, 6.07) is 14.1. The Balaban J connectivity index is 1.41. The van der Waals surface area contributed by atoms with Crippen molar-refractivity contribution in [3.05, 3.63) is 70.3 Å². The summed E-state index contributed by atoms with van der Waals surface area (Å²) >= 11 is 6.89. The zero-order valence-electron chi connectivity index (χ0n) is 21.2. The molecule has 5 rings (SSSR count). The molecule has 6 nitrogen and oxygen atoms in total. The van der Waals surface area contributed by atoms with Gasteiger partial charge in [-0.1, -0.05) is 74.1 Å². The third kappa shape index (κ3) is 5.45. The molecule has 37 heavy (non-hydrogen) atoms. The summed E-state index contributed by atoms with van der Waals surface area (Å²) in [5.41, 5.74) is 4.13. The Morgan fingerprint density at radius 3 is 2.65 bits per heavy atom. The number of aryl methyl sites for hydroxylation is 1. The van der Waals surface area contributed by atoms with Crippen molar-refractivity contribution in [2.24, 2.45) is 0 Å². The second-order valence-electron chi connectivity index (χ2n) is 9.54. The fourth-order valence-corrected chi connectivity index (χ4v) is 6.43. The van der Waals surface area contributed by atoms with Crippen molar-refractivity contribution >= 4 is 57.1 Å². The molecule has 0 spiro atoms. The highest BCUT2D eigenvalue weighted by Crippen LogP contribution is 2.36. The van der Waals surface area contributed by atoms with Gasteiger partial charge in [0.25, 0.3) is 5.91 Å². The van der Waals surface area contributed by atoms with Gasteiger partial charge in [-0.15, -0.1) is 0 Å². The van der Waals surface area contributed by atoms with Gasteiger partial charge in [0.15, 0.2) is 0 Å². The van der Waals surface area contributed by atoms with E-state index in [0.717, 1.165) is 47.0 Å². The average Bonchev–Trinajstić information content (AvgIpc) is 3.60. The molecule has 0 unspecified atom stereocenters. The molecule has 2 heterocycles. The molecule has 0 bridgehead atoms. The third-order valence-electron chi connectivity index (χ3n) is 7.09. The van der Waals surface area contributed by atoms with Crippen LogP contribution in [-0.4, -0.2) is 38.8 Å². The quantitative estimate of drug-likeness (QED) is 0.299. The van der Waals surface area contributed by atoms with E-state index in [2.05, 4.69) is 24.4 Å². The number of nitrogens with one attached hydrogen (secondary N) is 1. The monoisotopic (exact) mass is 533 g/mol. The lowest BCUT2D eigenvalue weighted by atomic mass is 10.1. The largest absolute Gasteiger partial charge is 0.497 e. The number of thioether (sulfide) groups is 1. The number of thiocarbonyl (C=S) groups is 1. The van der Waals surface area contributed by atoms with Gasteiger partial charge in [0.1, 0.15) is 16.6 Å². The number of hydrogen-bond donors (Lipinski definition) is 1. The average molecular weight is 534 g/mol. The second-order valence-corrected chi connectivity index (χ2v) is 11.2. The van der Waals surface area contributed by atoms with E-state index in [4.69, 9.17) is 17.0 Å². The molecule has 0 radical (unpaired) electrons. The molecule has 1 aromatic heterocycles. The molecular formula is C29H31N3O3S2. The Hall–Kier alpha value is -3.10. The number of aromatic nitrogens is 1. The molecule has 8 heteroatoms. The van der Waals surface area contributed by atoms with Crippen LogP contribution in [0.1, 0.15) is 49.3 Å². The molecule has 1 aliphatic carbocycles. The van der Waals surface area contributed by atoms with Crippen molar-refractivity contribution in [1.29, 1.82) is 0 Å². The molecule has 1 saturated heterocycles. The van der Waals surface area contributed by atoms with Crippen molar-refractivity contribution in [2.75, 3.05) is 7.11 Å². The van der Waals surface area contributed by atoms with Gasteiger partial charge in [-0.25, -0.2) is 0 Å². The number of ether oxygens (including phenoxy) is 1. The molecule has 3 aromatic rings. The van der Waals surface area contributed by atoms with E-state index in [1.54, 1.807) is 12.0 Å². The molecule has 1 N–H and O–H groups in total. The number of nitrogens with zero attached hydrogens (tertiary/aromatic N) is 2. The third-order valence-corrected chi connectivity index (χ3v) is 8.47. The normalized spacial score (nSPS) is 17.4. The van der Waals surface area contributed by atoms with Crippen molar-refractivity contribution in [2.45, 2.75) is 58.2 Å². The standard InChI is InChI=1S/C29H31N3O3S2/c1-3-20-7-6-10-24-21(17-31(27(20)24)18-26(33)30-22-8-4-5-9-22)15-25-28(34)32(29(36)37-25)16-19-11-13-23(35-2)14-12-19/h6-7,10-15,17,22H,3-5,8-9,16,18H2,1-2H3,(H,30,33)/b25-15-. The van der Waals surface area contributed by atoms with E-state index in [0.29, 0.717) is 15.8 Å². The second kappa shape index (κ2) is 11.1. The van der Waals surface area contributed by atoms with Gasteiger partial charge in [-0.2, -0.15) is 0 Å². The Morgan fingerprint density at radius 2 is 1.95 bits per heavy atom. The van der Waals surface area contributed by atoms with Crippen molar-refractivity contribution in [3.8, 4) is 5.75 Å². The molecule has 2 amide bonds. The summed E-state index contributed by atoms with van der Waals surface area (Å²) in [6.07, 6.45) is 9.24. The minimum absolute atomic E-state index is 0.0343. The zero-order chi connectivity index (χ0) is 25.9. The molecule has 1 aliphatic heterocycles. The first kappa shape index (κ1) is 25.5. The van der Waals surface area contributed by atoms with Crippen LogP contribution in [0.25, 0.3) is 17.0 Å². The van der Waals surface area contributed by atoms with Gasteiger partial charge in [0, 0.05) is 23.2 Å². The first-order valence-electron chi connectivity index (χ1n) is 12.7. The molecular weight excluding hydrogens is 502 g/mol. The SMILES string of the molecule is CCc1cccc2c(/C=C3\SC(=S)N(Cc4ccc(OC)cc4)C3=O)cn(CC(=O)NC3CCCC3)c12. The minimum atomic E-state index is -0.0997. The molecule has 1 saturated carbocycles. The molecule has 0 atom stereocenters. The van der Waals surface area contributed by atoms with Gasteiger partial charge in [-0.3, -0.25) is 14.5 Å².